The molecule has 0 bridgehead atoms. The van der Waals surface area contributed by atoms with E-state index >= 15 is 0 Å². The number of ketones is 1. The summed E-state index contributed by atoms with van der Waals surface area (Å²) in [5.74, 6) is -0.124. The molecule has 0 unspecified atom stereocenters. The molecule has 0 radical (unpaired) electrons. The Balaban J connectivity index is 2.49. The van der Waals surface area contributed by atoms with E-state index in [1.54, 1.807) is 27.7 Å². The molecule has 1 N–H and O–H groups in total. The first-order valence-corrected chi connectivity index (χ1v) is 6.14. The summed E-state index contributed by atoms with van der Waals surface area (Å²) in [6, 6.07) is -0.604. The summed E-state index contributed by atoms with van der Waals surface area (Å²) in [5.41, 5.74) is 0.0462. The molecule has 1 heterocycles. The molecular weight excluding hydrogens is 234 g/mol. The first-order chi connectivity index (χ1) is 8.29. The standard InChI is InChI=1S/C13H21NO4/c1-9(14-12(16)18-13(2,3)4)11(15)10-6-5-7-17-8-10/h8-9H,5-7H2,1-4H3,(H,14,16)/t9-/m1/s1. The lowest BCUT2D eigenvalue weighted by molar-refractivity contribution is -0.117. The van der Waals surface area contributed by atoms with E-state index in [2.05, 4.69) is 5.32 Å². The molecule has 1 amide bonds. The highest BCUT2D eigenvalue weighted by atomic mass is 16.6. The third kappa shape index (κ3) is 4.77. The van der Waals surface area contributed by atoms with Crippen molar-refractivity contribution in [3.05, 3.63) is 11.8 Å². The summed E-state index contributed by atoms with van der Waals surface area (Å²) in [5, 5.41) is 2.53. The Morgan fingerprint density at radius 2 is 2.11 bits per heavy atom. The molecule has 0 saturated carbocycles. The quantitative estimate of drug-likeness (QED) is 0.839. The van der Waals surface area contributed by atoms with Gasteiger partial charge in [-0.25, -0.2) is 4.79 Å². The number of hydrogen-bond donors (Lipinski definition) is 1. The van der Waals surface area contributed by atoms with Crippen LogP contribution >= 0.6 is 0 Å². The van der Waals surface area contributed by atoms with E-state index in [4.69, 9.17) is 9.47 Å². The van der Waals surface area contributed by atoms with Gasteiger partial charge in [0, 0.05) is 5.57 Å². The smallest absolute Gasteiger partial charge is 0.408 e. The second kappa shape index (κ2) is 5.89. The Morgan fingerprint density at radius 3 is 2.61 bits per heavy atom. The van der Waals surface area contributed by atoms with E-state index in [1.165, 1.54) is 6.26 Å². The molecule has 1 atom stereocenters. The molecule has 102 valence electrons. The maximum atomic E-state index is 12.0. The number of rotatable bonds is 3. The van der Waals surface area contributed by atoms with Crippen LogP contribution in [0.2, 0.25) is 0 Å². The van der Waals surface area contributed by atoms with Gasteiger partial charge in [0.1, 0.15) is 5.60 Å². The van der Waals surface area contributed by atoms with E-state index in [-0.39, 0.29) is 5.78 Å². The number of Topliss-reactive ketones (excluding diaryl/α,β-unsaturated/α-hetero) is 1. The largest absolute Gasteiger partial charge is 0.501 e. The first-order valence-electron chi connectivity index (χ1n) is 6.14. The first kappa shape index (κ1) is 14.5. The van der Waals surface area contributed by atoms with Crippen LogP contribution < -0.4 is 5.32 Å². The van der Waals surface area contributed by atoms with E-state index in [0.29, 0.717) is 18.6 Å². The average Bonchev–Trinajstić information content (AvgIpc) is 2.26. The fourth-order valence-corrected chi connectivity index (χ4v) is 1.57. The third-order valence-corrected chi connectivity index (χ3v) is 2.38. The van der Waals surface area contributed by atoms with Gasteiger partial charge in [0.05, 0.1) is 18.9 Å². The van der Waals surface area contributed by atoms with Crippen LogP contribution in [0, 0.1) is 0 Å². The zero-order valence-corrected chi connectivity index (χ0v) is 11.4. The molecule has 1 aliphatic heterocycles. The minimum Gasteiger partial charge on any atom is -0.501 e. The normalized spacial score (nSPS) is 17.2. The van der Waals surface area contributed by atoms with Gasteiger partial charge in [0.2, 0.25) is 0 Å². The molecule has 0 fully saturated rings. The van der Waals surface area contributed by atoms with Gasteiger partial charge < -0.3 is 14.8 Å². The Labute approximate surface area is 108 Å². The minimum atomic E-state index is -0.604. The van der Waals surface area contributed by atoms with Gasteiger partial charge >= 0.3 is 6.09 Å². The van der Waals surface area contributed by atoms with Crippen molar-refractivity contribution in [2.24, 2.45) is 0 Å². The van der Waals surface area contributed by atoms with Crippen molar-refractivity contribution in [2.45, 2.75) is 52.2 Å². The molecule has 1 rings (SSSR count). The van der Waals surface area contributed by atoms with E-state index in [1.807, 2.05) is 0 Å². The molecule has 5 nitrogen and oxygen atoms in total. The van der Waals surface area contributed by atoms with Crippen LogP contribution in [0.3, 0.4) is 0 Å². The SMILES string of the molecule is C[C@@H](NC(=O)OC(C)(C)C)C(=O)C1=COCCC1. The Kier molecular flexibility index (Phi) is 4.76. The Bertz CT molecular complexity index is 354. The molecule has 0 aromatic heterocycles. The topological polar surface area (TPSA) is 64.6 Å². The van der Waals surface area contributed by atoms with Crippen LogP contribution in [0.15, 0.2) is 11.8 Å². The number of carbonyl (C=O) groups excluding carboxylic acids is 2. The fraction of sp³-hybridized carbons (Fsp3) is 0.692. The predicted molar refractivity (Wildman–Crippen MR) is 67.1 cm³/mol. The lowest BCUT2D eigenvalue weighted by atomic mass is 10.0. The van der Waals surface area contributed by atoms with Crippen molar-refractivity contribution in [2.75, 3.05) is 6.61 Å². The zero-order valence-electron chi connectivity index (χ0n) is 11.4. The van der Waals surface area contributed by atoms with Crippen molar-refractivity contribution >= 4 is 11.9 Å². The van der Waals surface area contributed by atoms with Gasteiger partial charge in [-0.3, -0.25) is 4.79 Å². The number of nitrogens with one attached hydrogen (secondary N) is 1. The number of carbonyl (C=O) groups is 2. The Hall–Kier alpha value is -1.52. The lowest BCUT2D eigenvalue weighted by Gasteiger charge is -2.22. The maximum absolute atomic E-state index is 12.0. The highest BCUT2D eigenvalue weighted by Crippen LogP contribution is 2.14. The van der Waals surface area contributed by atoms with Crippen molar-refractivity contribution in [3.8, 4) is 0 Å². The molecule has 0 spiro atoms. The second-order valence-corrected chi connectivity index (χ2v) is 5.35. The van der Waals surface area contributed by atoms with Crippen LogP contribution in [0.1, 0.15) is 40.5 Å². The predicted octanol–water partition coefficient (Wildman–Crippen LogP) is 2.16. The van der Waals surface area contributed by atoms with Crippen molar-refractivity contribution in [3.63, 3.8) is 0 Å². The van der Waals surface area contributed by atoms with Gasteiger partial charge in [-0.15, -0.1) is 0 Å². The lowest BCUT2D eigenvalue weighted by Crippen LogP contribution is -2.42. The van der Waals surface area contributed by atoms with Crippen LogP contribution in [0.5, 0.6) is 0 Å². The summed E-state index contributed by atoms with van der Waals surface area (Å²) in [6.07, 6.45) is 2.43. The summed E-state index contributed by atoms with van der Waals surface area (Å²) < 4.78 is 10.2. The van der Waals surface area contributed by atoms with Crippen LogP contribution in [-0.4, -0.2) is 30.1 Å². The van der Waals surface area contributed by atoms with Crippen molar-refractivity contribution in [1.29, 1.82) is 0 Å². The molecule has 0 aromatic rings. The molecule has 5 heteroatoms. The highest BCUT2D eigenvalue weighted by molar-refractivity contribution is 6.00. The summed E-state index contributed by atoms with van der Waals surface area (Å²) in [7, 11) is 0. The van der Waals surface area contributed by atoms with E-state index in [9.17, 15) is 9.59 Å². The molecule has 18 heavy (non-hydrogen) atoms. The minimum absolute atomic E-state index is 0.124. The number of alkyl carbamates (subject to hydrolysis) is 1. The van der Waals surface area contributed by atoms with Crippen molar-refractivity contribution < 1.29 is 19.1 Å². The molecule has 0 aromatic carbocycles. The maximum Gasteiger partial charge on any atom is 0.408 e. The number of amides is 1. The van der Waals surface area contributed by atoms with Gasteiger partial charge in [-0.1, -0.05) is 0 Å². The molecule has 0 saturated heterocycles. The number of ether oxygens (including phenoxy) is 2. The van der Waals surface area contributed by atoms with Crippen molar-refractivity contribution in [1.82, 2.24) is 5.32 Å². The average molecular weight is 255 g/mol. The zero-order chi connectivity index (χ0) is 13.8. The molecule has 1 aliphatic rings. The second-order valence-electron chi connectivity index (χ2n) is 5.35. The van der Waals surface area contributed by atoms with E-state index in [0.717, 1.165) is 6.42 Å². The van der Waals surface area contributed by atoms with Crippen LogP contribution in [-0.2, 0) is 14.3 Å². The molecule has 0 aliphatic carbocycles. The van der Waals surface area contributed by atoms with Gasteiger partial charge in [0.15, 0.2) is 5.78 Å². The number of hydrogen-bond acceptors (Lipinski definition) is 4. The van der Waals surface area contributed by atoms with Crippen LogP contribution in [0.4, 0.5) is 4.79 Å². The molecular formula is C13H21NO4. The summed E-state index contributed by atoms with van der Waals surface area (Å²) >= 11 is 0. The summed E-state index contributed by atoms with van der Waals surface area (Å²) in [4.78, 5) is 23.5. The summed E-state index contributed by atoms with van der Waals surface area (Å²) in [6.45, 7) is 7.61. The Morgan fingerprint density at radius 1 is 1.44 bits per heavy atom. The fourth-order valence-electron chi connectivity index (χ4n) is 1.57. The highest BCUT2D eigenvalue weighted by Gasteiger charge is 2.24. The van der Waals surface area contributed by atoms with E-state index < -0.39 is 17.7 Å². The van der Waals surface area contributed by atoms with Crippen LogP contribution in [0.25, 0.3) is 0 Å². The van der Waals surface area contributed by atoms with Gasteiger partial charge in [0.25, 0.3) is 0 Å². The van der Waals surface area contributed by atoms with Gasteiger partial charge in [-0.2, -0.15) is 0 Å². The van der Waals surface area contributed by atoms with Gasteiger partial charge in [-0.05, 0) is 40.5 Å². The third-order valence-electron chi connectivity index (χ3n) is 2.38. The monoisotopic (exact) mass is 255 g/mol.